The molecule has 0 N–H and O–H groups in total. The highest BCUT2D eigenvalue weighted by Crippen LogP contribution is 2.27. The molecule has 0 fully saturated rings. The fourth-order valence-corrected chi connectivity index (χ4v) is 2.68. The Morgan fingerprint density at radius 2 is 2.15 bits per heavy atom. The number of fused-ring (bicyclic) bond motifs is 1. The molecule has 1 aliphatic heterocycles. The number of ketones is 1. The number of para-hydroxylation sites is 1. The molecule has 0 bridgehead atoms. The van der Waals surface area contributed by atoms with Crippen molar-refractivity contribution >= 4 is 11.5 Å². The Kier molecular flexibility index (Phi) is 3.50. The van der Waals surface area contributed by atoms with Crippen LogP contribution in [-0.4, -0.2) is 27.1 Å². The summed E-state index contributed by atoms with van der Waals surface area (Å²) < 4.78 is 1.90. The number of hydrogen-bond donors (Lipinski definition) is 0. The Bertz CT molecular complexity index is 620. The van der Waals surface area contributed by atoms with Gasteiger partial charge in [0.25, 0.3) is 0 Å². The lowest BCUT2D eigenvalue weighted by atomic mass is 10.1. The number of carbonyl (C=O) groups excluding carboxylic acids is 1. The van der Waals surface area contributed by atoms with Crippen molar-refractivity contribution < 1.29 is 4.79 Å². The molecule has 104 valence electrons. The largest absolute Gasteiger partial charge is 0.363 e. The molecule has 0 amide bonds. The van der Waals surface area contributed by atoms with Gasteiger partial charge < -0.3 is 4.90 Å². The third-order valence-corrected chi connectivity index (χ3v) is 3.70. The van der Waals surface area contributed by atoms with Crippen molar-refractivity contribution in [2.24, 2.45) is 0 Å². The van der Waals surface area contributed by atoms with E-state index in [2.05, 4.69) is 21.9 Å². The van der Waals surface area contributed by atoms with Gasteiger partial charge in [-0.2, -0.15) is 5.10 Å². The average molecular weight is 270 g/mol. The number of carbonyl (C=O) groups is 1. The molecule has 3 rings (SSSR count). The fourth-order valence-electron chi connectivity index (χ4n) is 2.68. The Labute approximate surface area is 118 Å². The SMILES string of the molecule is CCn1ncnc1CN1CCCC(=O)c2ccccc21. The molecule has 0 saturated carbocycles. The highest BCUT2D eigenvalue weighted by molar-refractivity contribution is 6.01. The Balaban J connectivity index is 1.93. The molecular formula is C15H18N4O. The molecule has 1 aromatic heterocycles. The number of benzene rings is 1. The molecule has 0 unspecified atom stereocenters. The van der Waals surface area contributed by atoms with Gasteiger partial charge in [-0.15, -0.1) is 0 Å². The Morgan fingerprint density at radius 1 is 1.30 bits per heavy atom. The van der Waals surface area contributed by atoms with Crippen LogP contribution in [0.3, 0.4) is 0 Å². The number of anilines is 1. The van der Waals surface area contributed by atoms with Crippen molar-refractivity contribution in [3.63, 3.8) is 0 Å². The molecule has 20 heavy (non-hydrogen) atoms. The van der Waals surface area contributed by atoms with Crippen LogP contribution in [0.2, 0.25) is 0 Å². The van der Waals surface area contributed by atoms with Gasteiger partial charge in [0.15, 0.2) is 5.78 Å². The van der Waals surface area contributed by atoms with Gasteiger partial charge in [-0.05, 0) is 25.5 Å². The van der Waals surface area contributed by atoms with Gasteiger partial charge in [-0.1, -0.05) is 12.1 Å². The molecule has 0 aliphatic carbocycles. The monoisotopic (exact) mass is 270 g/mol. The van der Waals surface area contributed by atoms with Crippen LogP contribution in [0.25, 0.3) is 0 Å². The molecule has 5 nitrogen and oxygen atoms in total. The van der Waals surface area contributed by atoms with Gasteiger partial charge in [-0.25, -0.2) is 9.67 Å². The minimum absolute atomic E-state index is 0.236. The van der Waals surface area contributed by atoms with Crippen LogP contribution in [0.5, 0.6) is 0 Å². The lowest BCUT2D eigenvalue weighted by Crippen LogP contribution is -2.25. The third kappa shape index (κ3) is 2.31. The predicted octanol–water partition coefficient (Wildman–Crippen LogP) is 2.28. The Hall–Kier alpha value is -2.17. The first-order chi connectivity index (χ1) is 9.79. The standard InChI is InChI=1S/C15H18N4O/c1-2-19-15(16-11-17-19)10-18-9-5-8-14(20)12-6-3-4-7-13(12)18/h3-4,6-7,11H,2,5,8-10H2,1H3. The minimum atomic E-state index is 0.236. The van der Waals surface area contributed by atoms with Gasteiger partial charge in [0.2, 0.25) is 0 Å². The molecule has 0 spiro atoms. The fraction of sp³-hybridized carbons (Fsp3) is 0.400. The first-order valence-electron chi connectivity index (χ1n) is 7.03. The second-order valence-corrected chi connectivity index (χ2v) is 4.96. The van der Waals surface area contributed by atoms with E-state index in [9.17, 15) is 4.79 Å². The zero-order valence-electron chi connectivity index (χ0n) is 11.6. The van der Waals surface area contributed by atoms with Crippen LogP contribution in [0.4, 0.5) is 5.69 Å². The number of hydrogen-bond acceptors (Lipinski definition) is 4. The lowest BCUT2D eigenvalue weighted by Gasteiger charge is -2.24. The molecule has 1 aromatic carbocycles. The van der Waals surface area contributed by atoms with Crippen LogP contribution >= 0.6 is 0 Å². The summed E-state index contributed by atoms with van der Waals surface area (Å²) >= 11 is 0. The van der Waals surface area contributed by atoms with Gasteiger partial charge >= 0.3 is 0 Å². The van der Waals surface area contributed by atoms with Crippen molar-refractivity contribution in [3.05, 3.63) is 42.0 Å². The number of nitrogens with zero attached hydrogens (tertiary/aromatic N) is 4. The topological polar surface area (TPSA) is 51.0 Å². The summed E-state index contributed by atoms with van der Waals surface area (Å²) in [5, 5.41) is 4.21. The summed E-state index contributed by atoms with van der Waals surface area (Å²) in [7, 11) is 0. The summed E-state index contributed by atoms with van der Waals surface area (Å²) in [5.41, 5.74) is 1.84. The number of rotatable bonds is 3. The van der Waals surface area contributed by atoms with E-state index in [-0.39, 0.29) is 5.78 Å². The number of aromatic nitrogens is 3. The van der Waals surface area contributed by atoms with E-state index in [0.29, 0.717) is 13.0 Å². The van der Waals surface area contributed by atoms with E-state index in [1.54, 1.807) is 6.33 Å². The van der Waals surface area contributed by atoms with E-state index in [0.717, 1.165) is 36.6 Å². The van der Waals surface area contributed by atoms with Gasteiger partial charge in [0.1, 0.15) is 12.2 Å². The molecule has 0 radical (unpaired) electrons. The van der Waals surface area contributed by atoms with Crippen molar-refractivity contribution in [2.45, 2.75) is 32.9 Å². The van der Waals surface area contributed by atoms with E-state index < -0.39 is 0 Å². The molecule has 0 atom stereocenters. The van der Waals surface area contributed by atoms with Crippen molar-refractivity contribution in [1.29, 1.82) is 0 Å². The first kappa shape index (κ1) is 12.8. The zero-order chi connectivity index (χ0) is 13.9. The third-order valence-electron chi connectivity index (χ3n) is 3.70. The molecule has 2 aromatic rings. The highest BCUT2D eigenvalue weighted by Gasteiger charge is 2.21. The number of Topliss-reactive ketones (excluding diaryl/α,β-unsaturated/α-hetero) is 1. The summed E-state index contributed by atoms with van der Waals surface area (Å²) in [6, 6.07) is 7.84. The predicted molar refractivity (Wildman–Crippen MR) is 76.8 cm³/mol. The van der Waals surface area contributed by atoms with E-state index in [1.165, 1.54) is 0 Å². The minimum Gasteiger partial charge on any atom is -0.363 e. The molecular weight excluding hydrogens is 252 g/mol. The maximum atomic E-state index is 12.1. The summed E-state index contributed by atoms with van der Waals surface area (Å²) in [6.07, 6.45) is 3.09. The zero-order valence-corrected chi connectivity index (χ0v) is 11.6. The average Bonchev–Trinajstić information content (AvgIpc) is 2.86. The quantitative estimate of drug-likeness (QED) is 0.858. The van der Waals surface area contributed by atoms with E-state index in [1.807, 2.05) is 28.9 Å². The lowest BCUT2D eigenvalue weighted by molar-refractivity contribution is 0.0984. The van der Waals surface area contributed by atoms with Crippen LogP contribution < -0.4 is 4.90 Å². The van der Waals surface area contributed by atoms with Gasteiger partial charge in [-0.3, -0.25) is 4.79 Å². The Morgan fingerprint density at radius 3 is 3.00 bits per heavy atom. The highest BCUT2D eigenvalue weighted by atomic mass is 16.1. The van der Waals surface area contributed by atoms with Crippen LogP contribution in [0.1, 0.15) is 35.9 Å². The summed E-state index contributed by atoms with van der Waals surface area (Å²) in [4.78, 5) is 18.7. The van der Waals surface area contributed by atoms with Gasteiger partial charge in [0, 0.05) is 30.8 Å². The summed E-state index contributed by atoms with van der Waals surface area (Å²) in [6.45, 7) is 4.43. The van der Waals surface area contributed by atoms with Crippen molar-refractivity contribution in [2.75, 3.05) is 11.4 Å². The molecule has 1 aliphatic rings. The maximum absolute atomic E-state index is 12.1. The van der Waals surface area contributed by atoms with Crippen LogP contribution in [-0.2, 0) is 13.1 Å². The summed E-state index contributed by atoms with van der Waals surface area (Å²) in [5.74, 6) is 1.18. The van der Waals surface area contributed by atoms with E-state index >= 15 is 0 Å². The molecule has 5 heteroatoms. The molecule has 0 saturated heterocycles. The second-order valence-electron chi connectivity index (χ2n) is 4.96. The van der Waals surface area contributed by atoms with Crippen LogP contribution in [0.15, 0.2) is 30.6 Å². The van der Waals surface area contributed by atoms with Crippen molar-refractivity contribution in [1.82, 2.24) is 14.8 Å². The smallest absolute Gasteiger partial charge is 0.165 e. The van der Waals surface area contributed by atoms with Crippen molar-refractivity contribution in [3.8, 4) is 0 Å². The normalized spacial score (nSPS) is 15.1. The maximum Gasteiger partial charge on any atom is 0.165 e. The second kappa shape index (κ2) is 5.45. The molecule has 2 heterocycles. The van der Waals surface area contributed by atoms with Gasteiger partial charge in [0.05, 0.1) is 6.54 Å². The van der Waals surface area contributed by atoms with E-state index in [4.69, 9.17) is 0 Å². The number of aryl methyl sites for hydroxylation is 1. The first-order valence-corrected chi connectivity index (χ1v) is 7.03. The van der Waals surface area contributed by atoms with Crippen LogP contribution in [0, 0.1) is 0 Å².